The first-order valence-electron chi connectivity index (χ1n) is 12.4. The lowest BCUT2D eigenvalue weighted by atomic mass is 9.90. The summed E-state index contributed by atoms with van der Waals surface area (Å²) in [7, 11) is 3.32. The molecule has 2 amide bonds. The number of likely N-dealkylation sites (N-methyl/N-ethyl adjacent to an activating group) is 1. The second kappa shape index (κ2) is 10.1. The highest BCUT2D eigenvalue weighted by atomic mass is 19.4. The summed E-state index contributed by atoms with van der Waals surface area (Å²) in [5.74, 6) is -0.764. The number of β-amino-alcohol motifs (C(OH)–C–C–N with tert-alkyl or cyclic N) is 1. The van der Waals surface area contributed by atoms with E-state index in [-0.39, 0.29) is 35.6 Å². The lowest BCUT2D eigenvalue weighted by molar-refractivity contribution is -0.274. The van der Waals surface area contributed by atoms with E-state index in [1.54, 1.807) is 36.9 Å². The maximum Gasteiger partial charge on any atom is 0.573 e. The van der Waals surface area contributed by atoms with Gasteiger partial charge in [-0.25, -0.2) is 0 Å². The second-order valence-corrected chi connectivity index (χ2v) is 10.4. The summed E-state index contributed by atoms with van der Waals surface area (Å²) in [6, 6.07) is 4.27. The molecule has 1 aromatic rings. The predicted octanol–water partition coefficient (Wildman–Crippen LogP) is 2.32. The molecule has 1 aliphatic carbocycles. The van der Waals surface area contributed by atoms with Crippen molar-refractivity contribution in [3.05, 3.63) is 24.3 Å². The number of piperidine rings is 1. The van der Waals surface area contributed by atoms with E-state index in [1.165, 1.54) is 23.1 Å². The number of benzene rings is 1. The SMILES string of the molecule is CC1C(=O)N(C(CCN2CCC3(CC3)[C@H](O)C2)C(=O)N(C)C)CCN1c1cccc(OC(F)(F)F)c1. The number of hydrogen-bond donors (Lipinski definition) is 1. The smallest absolute Gasteiger partial charge is 0.406 e. The molecular formula is C25H35F3N4O4. The Labute approximate surface area is 209 Å². The molecule has 2 heterocycles. The molecule has 11 heteroatoms. The predicted molar refractivity (Wildman–Crippen MR) is 127 cm³/mol. The van der Waals surface area contributed by atoms with Crippen LogP contribution in [0.5, 0.6) is 5.75 Å². The molecule has 4 rings (SSSR count). The number of nitrogens with zero attached hydrogens (tertiary/aromatic N) is 4. The van der Waals surface area contributed by atoms with Crippen LogP contribution < -0.4 is 9.64 Å². The van der Waals surface area contributed by atoms with Gasteiger partial charge in [-0.15, -0.1) is 13.2 Å². The first kappa shape index (κ1) is 26.5. The fourth-order valence-electron chi connectivity index (χ4n) is 5.45. The molecule has 0 bridgehead atoms. The number of piperazine rings is 1. The van der Waals surface area contributed by atoms with E-state index in [0.717, 1.165) is 25.8 Å². The van der Waals surface area contributed by atoms with Crippen molar-refractivity contribution in [3.8, 4) is 5.75 Å². The molecule has 200 valence electrons. The average Bonchev–Trinajstić information content (AvgIpc) is 3.58. The average molecular weight is 513 g/mol. The van der Waals surface area contributed by atoms with Crippen molar-refractivity contribution in [2.24, 2.45) is 5.41 Å². The van der Waals surface area contributed by atoms with Crippen molar-refractivity contribution in [1.82, 2.24) is 14.7 Å². The number of amides is 2. The normalized spacial score (nSPS) is 25.1. The molecule has 2 saturated heterocycles. The maximum atomic E-state index is 13.4. The van der Waals surface area contributed by atoms with Crippen LogP contribution in [0.3, 0.4) is 0 Å². The molecule has 2 unspecified atom stereocenters. The van der Waals surface area contributed by atoms with Gasteiger partial charge in [-0.05, 0) is 56.7 Å². The van der Waals surface area contributed by atoms with Crippen molar-refractivity contribution in [1.29, 1.82) is 0 Å². The van der Waals surface area contributed by atoms with Gasteiger partial charge in [0.15, 0.2) is 0 Å². The molecule has 1 spiro atoms. The molecule has 1 N–H and O–H groups in total. The van der Waals surface area contributed by atoms with E-state index in [9.17, 15) is 27.9 Å². The number of rotatable bonds is 7. The van der Waals surface area contributed by atoms with E-state index in [4.69, 9.17) is 0 Å². The Kier molecular flexibility index (Phi) is 7.43. The molecule has 0 radical (unpaired) electrons. The zero-order chi connectivity index (χ0) is 26.3. The van der Waals surface area contributed by atoms with E-state index in [2.05, 4.69) is 9.64 Å². The quantitative estimate of drug-likeness (QED) is 0.605. The number of likely N-dealkylation sites (tertiary alicyclic amines) is 1. The van der Waals surface area contributed by atoms with Gasteiger partial charge in [0, 0.05) is 52.0 Å². The number of aliphatic hydroxyl groups is 1. The molecule has 0 aromatic heterocycles. The monoisotopic (exact) mass is 512 g/mol. The Morgan fingerprint density at radius 2 is 1.94 bits per heavy atom. The van der Waals surface area contributed by atoms with Crippen molar-refractivity contribution in [2.45, 2.75) is 57.2 Å². The van der Waals surface area contributed by atoms with Crippen LogP contribution in [-0.2, 0) is 9.59 Å². The van der Waals surface area contributed by atoms with E-state index < -0.39 is 18.4 Å². The minimum atomic E-state index is -4.80. The Balaban J connectivity index is 1.43. The Bertz CT molecular complexity index is 969. The third-order valence-corrected chi connectivity index (χ3v) is 7.85. The summed E-state index contributed by atoms with van der Waals surface area (Å²) in [6.07, 6.45) is -1.60. The number of aliphatic hydroxyl groups excluding tert-OH is 1. The third-order valence-electron chi connectivity index (χ3n) is 7.85. The number of halogens is 3. The summed E-state index contributed by atoms with van der Waals surface area (Å²) in [5, 5.41) is 10.5. The van der Waals surface area contributed by atoms with Gasteiger partial charge >= 0.3 is 6.36 Å². The summed E-state index contributed by atoms with van der Waals surface area (Å²) >= 11 is 0. The number of alkyl halides is 3. The topological polar surface area (TPSA) is 76.6 Å². The van der Waals surface area contributed by atoms with Crippen molar-refractivity contribution < 1.29 is 32.6 Å². The van der Waals surface area contributed by atoms with Crippen molar-refractivity contribution >= 4 is 17.5 Å². The van der Waals surface area contributed by atoms with Crippen LogP contribution >= 0.6 is 0 Å². The maximum absolute atomic E-state index is 13.4. The van der Waals surface area contributed by atoms with Gasteiger partial charge < -0.3 is 29.4 Å². The zero-order valence-electron chi connectivity index (χ0n) is 21.0. The van der Waals surface area contributed by atoms with Gasteiger partial charge in [0.2, 0.25) is 11.8 Å². The number of hydrogen-bond acceptors (Lipinski definition) is 6. The van der Waals surface area contributed by atoms with Crippen LogP contribution in [0.4, 0.5) is 18.9 Å². The lowest BCUT2D eigenvalue weighted by Crippen LogP contribution is -2.62. The van der Waals surface area contributed by atoms with Crippen LogP contribution in [0.2, 0.25) is 0 Å². The zero-order valence-corrected chi connectivity index (χ0v) is 21.0. The molecule has 3 atom stereocenters. The van der Waals surface area contributed by atoms with Crippen molar-refractivity contribution in [2.75, 3.05) is 51.7 Å². The van der Waals surface area contributed by atoms with Gasteiger partial charge in [-0.3, -0.25) is 9.59 Å². The summed E-state index contributed by atoms with van der Waals surface area (Å²) in [4.78, 5) is 33.5. The molecular weight excluding hydrogens is 477 g/mol. The minimum Gasteiger partial charge on any atom is -0.406 e. The molecule has 2 aliphatic heterocycles. The fourth-order valence-corrected chi connectivity index (χ4v) is 5.45. The van der Waals surface area contributed by atoms with Gasteiger partial charge in [-0.1, -0.05) is 6.07 Å². The molecule has 8 nitrogen and oxygen atoms in total. The molecule has 3 aliphatic rings. The van der Waals surface area contributed by atoms with Crippen LogP contribution in [0.25, 0.3) is 0 Å². The Hall–Kier alpha value is -2.53. The summed E-state index contributed by atoms with van der Waals surface area (Å²) in [5.41, 5.74) is 0.545. The van der Waals surface area contributed by atoms with E-state index in [0.29, 0.717) is 31.7 Å². The largest absolute Gasteiger partial charge is 0.573 e. The molecule has 1 aromatic carbocycles. The highest BCUT2D eigenvalue weighted by molar-refractivity contribution is 5.92. The van der Waals surface area contributed by atoms with Gasteiger partial charge in [0.25, 0.3) is 0 Å². The van der Waals surface area contributed by atoms with E-state index >= 15 is 0 Å². The standard InChI is InChI=1S/C25H35F3N4O4/c1-17-22(34)32(14-13-31(17)18-5-4-6-19(15-18)36-25(26,27)28)20(23(35)29(2)3)7-11-30-12-10-24(8-9-24)21(33)16-30/h4-6,15,17,20-21,33H,7-14,16H2,1-3H3/t17?,20?,21-/m1/s1. The van der Waals surface area contributed by atoms with Crippen LogP contribution in [-0.4, -0.2) is 103 Å². The first-order chi connectivity index (χ1) is 16.9. The Morgan fingerprint density at radius 1 is 1.22 bits per heavy atom. The Morgan fingerprint density at radius 3 is 2.56 bits per heavy atom. The van der Waals surface area contributed by atoms with E-state index in [1.807, 2.05) is 0 Å². The molecule has 3 fully saturated rings. The summed E-state index contributed by atoms with van der Waals surface area (Å²) < 4.78 is 42.0. The second-order valence-electron chi connectivity index (χ2n) is 10.4. The van der Waals surface area contributed by atoms with Gasteiger partial charge in [0.05, 0.1) is 6.10 Å². The highest BCUT2D eigenvalue weighted by Crippen LogP contribution is 2.53. The third kappa shape index (κ3) is 5.72. The van der Waals surface area contributed by atoms with Crippen molar-refractivity contribution in [3.63, 3.8) is 0 Å². The fraction of sp³-hybridized carbons (Fsp3) is 0.680. The molecule has 1 saturated carbocycles. The van der Waals surface area contributed by atoms with Gasteiger partial charge in [-0.2, -0.15) is 0 Å². The minimum absolute atomic E-state index is 0.0968. The van der Waals surface area contributed by atoms with Crippen LogP contribution in [0.15, 0.2) is 24.3 Å². The lowest BCUT2D eigenvalue weighted by Gasteiger charge is -2.44. The number of carbonyl (C=O) groups excluding carboxylic acids is 2. The van der Waals surface area contributed by atoms with Crippen LogP contribution in [0, 0.1) is 5.41 Å². The number of ether oxygens (including phenoxy) is 1. The highest BCUT2D eigenvalue weighted by Gasteiger charge is 2.51. The van der Waals surface area contributed by atoms with Gasteiger partial charge in [0.1, 0.15) is 17.8 Å². The number of carbonyl (C=O) groups is 2. The first-order valence-corrected chi connectivity index (χ1v) is 12.4. The van der Waals surface area contributed by atoms with Crippen LogP contribution in [0.1, 0.15) is 32.6 Å². The summed E-state index contributed by atoms with van der Waals surface area (Å²) in [6.45, 7) is 4.37. The molecule has 36 heavy (non-hydrogen) atoms. The number of anilines is 1.